The van der Waals surface area contributed by atoms with Crippen LogP contribution in [0.5, 0.6) is 0 Å². The predicted molar refractivity (Wildman–Crippen MR) is 128 cm³/mol. The molecular formula is C23H25N3O4S2. The lowest BCUT2D eigenvalue weighted by molar-refractivity contribution is 0.0963. The topological polar surface area (TPSA) is 95.6 Å². The minimum absolute atomic E-state index is 0.0913. The summed E-state index contributed by atoms with van der Waals surface area (Å²) in [6, 6.07) is 14.6. The van der Waals surface area contributed by atoms with E-state index in [9.17, 15) is 18.0 Å². The molecule has 9 heteroatoms. The van der Waals surface area contributed by atoms with Crippen LogP contribution in [0.3, 0.4) is 0 Å². The van der Waals surface area contributed by atoms with E-state index in [0.29, 0.717) is 21.8 Å². The van der Waals surface area contributed by atoms with Crippen LogP contribution >= 0.6 is 11.3 Å². The van der Waals surface area contributed by atoms with Gasteiger partial charge in [0.15, 0.2) is 0 Å². The third-order valence-electron chi connectivity index (χ3n) is 5.10. The lowest BCUT2D eigenvalue weighted by atomic mass is 10.1. The number of amides is 2. The molecule has 0 spiro atoms. The van der Waals surface area contributed by atoms with Crippen molar-refractivity contribution >= 4 is 43.9 Å². The Morgan fingerprint density at radius 2 is 1.59 bits per heavy atom. The van der Waals surface area contributed by atoms with E-state index in [1.54, 1.807) is 31.2 Å². The maximum absolute atomic E-state index is 13.1. The number of carbonyl (C=O) groups is 2. The lowest BCUT2D eigenvalue weighted by Crippen LogP contribution is -2.30. The van der Waals surface area contributed by atoms with Crippen LogP contribution in [0.15, 0.2) is 59.5 Å². The fourth-order valence-corrected chi connectivity index (χ4v) is 5.81. The number of nitrogens with zero attached hydrogens (tertiary/aromatic N) is 1. The first kappa shape index (κ1) is 23.5. The van der Waals surface area contributed by atoms with E-state index in [2.05, 4.69) is 10.6 Å². The Bertz CT molecular complexity index is 1230. The Morgan fingerprint density at radius 1 is 0.969 bits per heavy atom. The van der Waals surface area contributed by atoms with Gasteiger partial charge in [0.1, 0.15) is 5.00 Å². The maximum Gasteiger partial charge on any atom is 0.264 e. The highest BCUT2D eigenvalue weighted by Gasteiger charge is 2.24. The number of benzene rings is 2. The Morgan fingerprint density at radius 3 is 2.16 bits per heavy atom. The summed E-state index contributed by atoms with van der Waals surface area (Å²) in [5.74, 6) is -0.695. The Kier molecular flexibility index (Phi) is 7.00. The number of hydrogen-bond acceptors (Lipinski definition) is 5. The van der Waals surface area contributed by atoms with Crippen LogP contribution in [0, 0.1) is 13.8 Å². The first-order valence-corrected chi connectivity index (χ1v) is 12.3. The molecule has 3 rings (SSSR count). The third-order valence-corrected chi connectivity index (χ3v) is 8.14. The van der Waals surface area contributed by atoms with Gasteiger partial charge in [-0.3, -0.25) is 13.9 Å². The quantitative estimate of drug-likeness (QED) is 0.540. The number of aryl methyl sites for hydroxylation is 1. The van der Waals surface area contributed by atoms with Gasteiger partial charge in [-0.25, -0.2) is 8.42 Å². The molecule has 0 aliphatic heterocycles. The second-order valence-electron chi connectivity index (χ2n) is 7.05. The molecule has 0 fully saturated rings. The van der Waals surface area contributed by atoms with Crippen molar-refractivity contribution in [3.05, 3.63) is 76.2 Å². The summed E-state index contributed by atoms with van der Waals surface area (Å²) >= 11 is 1.32. The highest BCUT2D eigenvalue weighted by atomic mass is 32.2. The molecule has 32 heavy (non-hydrogen) atoms. The van der Waals surface area contributed by atoms with Crippen molar-refractivity contribution in [2.24, 2.45) is 0 Å². The average molecular weight is 472 g/mol. The number of sulfonamides is 1. The van der Waals surface area contributed by atoms with Crippen LogP contribution in [0.1, 0.15) is 38.1 Å². The highest BCUT2D eigenvalue weighted by molar-refractivity contribution is 7.92. The van der Waals surface area contributed by atoms with E-state index >= 15 is 0 Å². The summed E-state index contributed by atoms with van der Waals surface area (Å²) in [7, 11) is -2.24. The number of rotatable bonds is 7. The summed E-state index contributed by atoms with van der Waals surface area (Å²) in [5, 5.41) is 5.83. The Balaban J connectivity index is 1.85. The van der Waals surface area contributed by atoms with Crippen molar-refractivity contribution in [2.75, 3.05) is 23.2 Å². The van der Waals surface area contributed by atoms with Crippen LogP contribution in [0.2, 0.25) is 0 Å². The van der Waals surface area contributed by atoms with Gasteiger partial charge in [0.25, 0.3) is 21.8 Å². The van der Waals surface area contributed by atoms with Crippen molar-refractivity contribution in [3.63, 3.8) is 0 Å². The zero-order valence-corrected chi connectivity index (χ0v) is 19.9. The standard InChI is InChI=1S/C23H25N3O4S2/c1-5-26(18-9-7-6-8-10-18)32(29,30)19-13-11-17(12-14-19)21(27)25-23-20(22(28)24-4)15(2)16(3)31-23/h6-14H,5H2,1-4H3,(H,24,28)(H,25,27). The van der Waals surface area contributed by atoms with Gasteiger partial charge in [0.2, 0.25) is 0 Å². The molecule has 0 saturated heterocycles. The van der Waals surface area contributed by atoms with Gasteiger partial charge >= 0.3 is 0 Å². The van der Waals surface area contributed by atoms with Crippen LogP contribution in [0.25, 0.3) is 0 Å². The summed E-state index contributed by atoms with van der Waals surface area (Å²) in [6.45, 7) is 5.75. The average Bonchev–Trinajstić information content (AvgIpc) is 3.07. The summed E-state index contributed by atoms with van der Waals surface area (Å²) in [6.07, 6.45) is 0. The van der Waals surface area contributed by atoms with Gasteiger partial charge in [-0.1, -0.05) is 18.2 Å². The van der Waals surface area contributed by atoms with Gasteiger partial charge in [-0.05, 0) is 62.7 Å². The third kappa shape index (κ3) is 4.53. The Labute approximate surface area is 192 Å². The van der Waals surface area contributed by atoms with E-state index in [4.69, 9.17) is 0 Å². The predicted octanol–water partition coefficient (Wildman–Crippen LogP) is 4.19. The molecule has 2 N–H and O–H groups in total. The molecule has 0 aliphatic rings. The number of para-hydroxylation sites is 1. The summed E-state index contributed by atoms with van der Waals surface area (Å²) < 4.78 is 27.5. The summed E-state index contributed by atoms with van der Waals surface area (Å²) in [5.41, 5.74) is 2.11. The van der Waals surface area contributed by atoms with Gasteiger partial charge in [0, 0.05) is 24.0 Å². The molecule has 2 aromatic carbocycles. The second-order valence-corrected chi connectivity index (χ2v) is 10.1. The van der Waals surface area contributed by atoms with Gasteiger partial charge in [-0.15, -0.1) is 11.3 Å². The summed E-state index contributed by atoms with van der Waals surface area (Å²) in [4.78, 5) is 26.0. The van der Waals surface area contributed by atoms with Crippen molar-refractivity contribution < 1.29 is 18.0 Å². The molecule has 7 nitrogen and oxygen atoms in total. The first-order chi connectivity index (χ1) is 15.2. The lowest BCUT2D eigenvalue weighted by Gasteiger charge is -2.23. The molecule has 3 aromatic rings. The molecule has 168 valence electrons. The molecular weight excluding hydrogens is 446 g/mol. The highest BCUT2D eigenvalue weighted by Crippen LogP contribution is 2.33. The molecule has 0 saturated carbocycles. The minimum Gasteiger partial charge on any atom is -0.355 e. The molecule has 0 unspecified atom stereocenters. The SMILES string of the molecule is CCN(c1ccccc1)S(=O)(=O)c1ccc(C(=O)Nc2sc(C)c(C)c2C(=O)NC)cc1. The van der Waals surface area contributed by atoms with Crippen LogP contribution in [0.4, 0.5) is 10.7 Å². The normalized spacial score (nSPS) is 11.1. The van der Waals surface area contributed by atoms with Crippen LogP contribution in [-0.2, 0) is 10.0 Å². The number of carbonyl (C=O) groups excluding carboxylic acids is 2. The smallest absolute Gasteiger partial charge is 0.264 e. The van der Waals surface area contributed by atoms with Crippen molar-refractivity contribution in [1.82, 2.24) is 5.32 Å². The van der Waals surface area contributed by atoms with Crippen molar-refractivity contribution in [1.29, 1.82) is 0 Å². The molecule has 0 atom stereocenters. The number of thiophene rings is 1. The Hall–Kier alpha value is -3.17. The van der Waals surface area contributed by atoms with E-state index < -0.39 is 15.9 Å². The molecule has 0 radical (unpaired) electrons. The molecule has 1 heterocycles. The monoisotopic (exact) mass is 471 g/mol. The first-order valence-electron chi connectivity index (χ1n) is 10.0. The van der Waals surface area contributed by atoms with E-state index in [1.165, 1.54) is 47.0 Å². The van der Waals surface area contributed by atoms with Crippen molar-refractivity contribution in [2.45, 2.75) is 25.7 Å². The molecule has 1 aromatic heterocycles. The molecule has 0 bridgehead atoms. The van der Waals surface area contributed by atoms with Crippen molar-refractivity contribution in [3.8, 4) is 0 Å². The van der Waals surface area contributed by atoms with Crippen LogP contribution < -0.4 is 14.9 Å². The van der Waals surface area contributed by atoms with E-state index in [-0.39, 0.29) is 17.3 Å². The van der Waals surface area contributed by atoms with E-state index in [0.717, 1.165) is 10.4 Å². The van der Waals surface area contributed by atoms with Gasteiger partial charge in [-0.2, -0.15) is 0 Å². The fraction of sp³-hybridized carbons (Fsp3) is 0.217. The van der Waals surface area contributed by atoms with Gasteiger partial charge < -0.3 is 10.6 Å². The van der Waals surface area contributed by atoms with E-state index in [1.807, 2.05) is 19.9 Å². The maximum atomic E-state index is 13.1. The number of hydrogen-bond donors (Lipinski definition) is 2. The largest absolute Gasteiger partial charge is 0.355 e. The van der Waals surface area contributed by atoms with Crippen LogP contribution in [-0.4, -0.2) is 33.8 Å². The minimum atomic E-state index is -3.78. The number of anilines is 2. The van der Waals surface area contributed by atoms with Gasteiger partial charge in [0.05, 0.1) is 16.1 Å². The number of nitrogens with one attached hydrogen (secondary N) is 2. The molecule has 0 aliphatic carbocycles. The zero-order valence-electron chi connectivity index (χ0n) is 18.3. The fourth-order valence-electron chi connectivity index (χ4n) is 3.28. The molecule has 2 amide bonds. The zero-order chi connectivity index (χ0) is 23.5. The second kappa shape index (κ2) is 9.54.